The van der Waals surface area contributed by atoms with Gasteiger partial charge >= 0.3 is 0 Å². The predicted molar refractivity (Wildman–Crippen MR) is 47.8 cm³/mol. The van der Waals surface area contributed by atoms with Crippen LogP contribution in [0.1, 0.15) is 31.3 Å². The summed E-state index contributed by atoms with van der Waals surface area (Å²) in [4.78, 5) is 8.61. The van der Waals surface area contributed by atoms with Crippen molar-refractivity contribution in [1.82, 2.24) is 9.97 Å². The van der Waals surface area contributed by atoms with Crippen LogP contribution in [0.3, 0.4) is 0 Å². The maximum absolute atomic E-state index is 5.63. The first kappa shape index (κ1) is 7.53. The van der Waals surface area contributed by atoms with Crippen LogP contribution >= 0.6 is 0 Å². The molecule has 2 N–H and O–H groups in total. The zero-order chi connectivity index (χ0) is 8.77. The number of aryl methyl sites for hydroxylation is 1. The molecule has 1 heterocycles. The molecule has 0 amide bonds. The van der Waals surface area contributed by atoms with E-state index in [0.29, 0.717) is 5.69 Å². The van der Waals surface area contributed by atoms with Gasteiger partial charge in [0.15, 0.2) is 0 Å². The Morgan fingerprint density at radius 2 is 2.17 bits per heavy atom. The van der Waals surface area contributed by atoms with Crippen LogP contribution in [0.15, 0.2) is 6.20 Å². The zero-order valence-corrected chi connectivity index (χ0v) is 7.46. The molecule has 1 aliphatic carbocycles. The molecular weight excluding hydrogens is 150 g/mol. The molecule has 0 spiro atoms. The SMILES string of the molecule is Cc1nc(C2(C)CC2)ncc1N. The van der Waals surface area contributed by atoms with Gasteiger partial charge in [0.05, 0.1) is 17.6 Å². The molecule has 0 saturated heterocycles. The summed E-state index contributed by atoms with van der Waals surface area (Å²) >= 11 is 0. The van der Waals surface area contributed by atoms with Gasteiger partial charge in [0, 0.05) is 5.41 Å². The highest BCUT2D eigenvalue weighted by Gasteiger charge is 2.41. The van der Waals surface area contributed by atoms with Crippen LogP contribution in [0.25, 0.3) is 0 Å². The lowest BCUT2D eigenvalue weighted by molar-refractivity contribution is 0.704. The van der Waals surface area contributed by atoms with Crippen molar-refractivity contribution in [2.75, 3.05) is 5.73 Å². The fourth-order valence-electron chi connectivity index (χ4n) is 1.18. The Hall–Kier alpha value is -1.12. The highest BCUT2D eigenvalue weighted by molar-refractivity contribution is 5.40. The molecule has 0 unspecified atom stereocenters. The Balaban J connectivity index is 2.41. The lowest BCUT2D eigenvalue weighted by Crippen LogP contribution is -2.08. The van der Waals surface area contributed by atoms with Crippen LogP contribution in [-0.4, -0.2) is 9.97 Å². The van der Waals surface area contributed by atoms with E-state index in [0.717, 1.165) is 11.5 Å². The van der Waals surface area contributed by atoms with Crippen molar-refractivity contribution in [1.29, 1.82) is 0 Å². The van der Waals surface area contributed by atoms with E-state index in [-0.39, 0.29) is 5.41 Å². The van der Waals surface area contributed by atoms with E-state index in [1.54, 1.807) is 6.20 Å². The van der Waals surface area contributed by atoms with Gasteiger partial charge in [0.2, 0.25) is 0 Å². The number of nitrogens with two attached hydrogens (primary N) is 1. The molecule has 0 atom stereocenters. The topological polar surface area (TPSA) is 51.8 Å². The normalized spacial score (nSPS) is 19.2. The molecule has 1 fully saturated rings. The molecule has 1 aromatic heterocycles. The van der Waals surface area contributed by atoms with Crippen LogP contribution in [-0.2, 0) is 5.41 Å². The molecule has 3 nitrogen and oxygen atoms in total. The summed E-state index contributed by atoms with van der Waals surface area (Å²) in [5.74, 6) is 0.953. The molecule has 1 saturated carbocycles. The monoisotopic (exact) mass is 163 g/mol. The third kappa shape index (κ3) is 1.05. The lowest BCUT2D eigenvalue weighted by atomic mass is 10.1. The summed E-state index contributed by atoms with van der Waals surface area (Å²) in [5, 5.41) is 0. The Kier molecular flexibility index (Phi) is 1.37. The van der Waals surface area contributed by atoms with Gasteiger partial charge in [0.1, 0.15) is 5.82 Å². The highest BCUT2D eigenvalue weighted by atomic mass is 14.9. The molecule has 1 aliphatic rings. The van der Waals surface area contributed by atoms with Gasteiger partial charge in [-0.15, -0.1) is 0 Å². The van der Waals surface area contributed by atoms with E-state index in [2.05, 4.69) is 16.9 Å². The maximum Gasteiger partial charge on any atom is 0.134 e. The minimum atomic E-state index is 0.248. The number of anilines is 1. The van der Waals surface area contributed by atoms with Crippen molar-refractivity contribution in [3.63, 3.8) is 0 Å². The molecule has 0 bridgehead atoms. The van der Waals surface area contributed by atoms with E-state index in [4.69, 9.17) is 5.73 Å². The van der Waals surface area contributed by atoms with Crippen molar-refractivity contribution in [2.24, 2.45) is 0 Å². The first-order chi connectivity index (χ1) is 5.62. The number of aromatic nitrogens is 2. The van der Waals surface area contributed by atoms with Crippen LogP contribution < -0.4 is 5.73 Å². The van der Waals surface area contributed by atoms with Crippen LogP contribution in [0, 0.1) is 6.92 Å². The van der Waals surface area contributed by atoms with Gasteiger partial charge in [-0.05, 0) is 19.8 Å². The van der Waals surface area contributed by atoms with Crippen molar-refractivity contribution < 1.29 is 0 Å². The van der Waals surface area contributed by atoms with Crippen LogP contribution in [0.5, 0.6) is 0 Å². The number of rotatable bonds is 1. The minimum Gasteiger partial charge on any atom is -0.396 e. The first-order valence-electron chi connectivity index (χ1n) is 4.21. The number of nitrogen functional groups attached to an aromatic ring is 1. The third-order valence-corrected chi connectivity index (χ3v) is 2.56. The highest BCUT2D eigenvalue weighted by Crippen LogP contribution is 2.45. The second-order valence-corrected chi connectivity index (χ2v) is 3.80. The largest absolute Gasteiger partial charge is 0.396 e. The van der Waals surface area contributed by atoms with Gasteiger partial charge in [-0.3, -0.25) is 0 Å². The molecule has 2 rings (SSSR count). The van der Waals surface area contributed by atoms with E-state index in [1.807, 2.05) is 6.92 Å². The zero-order valence-electron chi connectivity index (χ0n) is 7.46. The molecule has 0 aliphatic heterocycles. The van der Waals surface area contributed by atoms with Crippen LogP contribution in [0.4, 0.5) is 5.69 Å². The minimum absolute atomic E-state index is 0.248. The average molecular weight is 163 g/mol. The molecule has 0 aromatic carbocycles. The fraction of sp³-hybridized carbons (Fsp3) is 0.556. The second-order valence-electron chi connectivity index (χ2n) is 3.80. The Morgan fingerprint density at radius 1 is 1.50 bits per heavy atom. The number of hydrogen-bond donors (Lipinski definition) is 1. The molecule has 1 aromatic rings. The Labute approximate surface area is 72.0 Å². The predicted octanol–water partition coefficient (Wildman–Crippen LogP) is 1.42. The van der Waals surface area contributed by atoms with Gasteiger partial charge in [-0.25, -0.2) is 9.97 Å². The van der Waals surface area contributed by atoms with E-state index in [9.17, 15) is 0 Å². The third-order valence-electron chi connectivity index (χ3n) is 2.56. The van der Waals surface area contributed by atoms with Crippen molar-refractivity contribution in [3.05, 3.63) is 17.7 Å². The lowest BCUT2D eigenvalue weighted by Gasteiger charge is -2.07. The van der Waals surface area contributed by atoms with Gasteiger partial charge < -0.3 is 5.73 Å². The van der Waals surface area contributed by atoms with Crippen molar-refractivity contribution in [3.8, 4) is 0 Å². The standard InChI is InChI=1S/C9H13N3/c1-6-7(10)5-11-8(12-6)9(2)3-4-9/h5H,3-4,10H2,1-2H3. The van der Waals surface area contributed by atoms with Crippen LogP contribution in [0.2, 0.25) is 0 Å². The summed E-state index contributed by atoms with van der Waals surface area (Å²) in [5.41, 5.74) is 7.46. The summed E-state index contributed by atoms with van der Waals surface area (Å²) in [6.45, 7) is 4.12. The molecule has 3 heteroatoms. The molecule has 64 valence electrons. The second kappa shape index (κ2) is 2.19. The summed E-state index contributed by atoms with van der Waals surface area (Å²) in [6, 6.07) is 0. The Morgan fingerprint density at radius 3 is 2.67 bits per heavy atom. The van der Waals surface area contributed by atoms with Crippen molar-refractivity contribution >= 4 is 5.69 Å². The first-order valence-corrected chi connectivity index (χ1v) is 4.21. The smallest absolute Gasteiger partial charge is 0.134 e. The summed E-state index contributed by atoms with van der Waals surface area (Å²) in [7, 11) is 0. The molecule has 12 heavy (non-hydrogen) atoms. The van der Waals surface area contributed by atoms with E-state index < -0.39 is 0 Å². The number of nitrogens with zero attached hydrogens (tertiary/aromatic N) is 2. The van der Waals surface area contributed by atoms with E-state index in [1.165, 1.54) is 12.8 Å². The average Bonchev–Trinajstić information content (AvgIpc) is 2.75. The molecular formula is C9H13N3. The van der Waals surface area contributed by atoms with E-state index >= 15 is 0 Å². The van der Waals surface area contributed by atoms with Gasteiger partial charge in [-0.2, -0.15) is 0 Å². The summed E-state index contributed by atoms with van der Waals surface area (Å²) < 4.78 is 0. The van der Waals surface area contributed by atoms with Gasteiger partial charge in [-0.1, -0.05) is 6.92 Å². The Bertz CT molecular complexity index is 316. The summed E-state index contributed by atoms with van der Waals surface area (Å²) in [6.07, 6.45) is 4.12. The van der Waals surface area contributed by atoms with Crippen molar-refractivity contribution in [2.45, 2.75) is 32.1 Å². The molecule has 0 radical (unpaired) electrons. The quantitative estimate of drug-likeness (QED) is 0.681. The fourth-order valence-corrected chi connectivity index (χ4v) is 1.18. The number of hydrogen-bond acceptors (Lipinski definition) is 3. The maximum atomic E-state index is 5.63. The van der Waals surface area contributed by atoms with Gasteiger partial charge in [0.25, 0.3) is 0 Å².